The number of benzene rings is 2. The Hall–Kier alpha value is -1.51. The summed E-state index contributed by atoms with van der Waals surface area (Å²) in [6, 6.07) is 12.4. The molecule has 2 aromatic carbocycles. The molecule has 21 heavy (non-hydrogen) atoms. The zero-order valence-electron chi connectivity index (χ0n) is 12.2. The van der Waals surface area contributed by atoms with Crippen molar-refractivity contribution in [2.45, 2.75) is 32.2 Å². The molecule has 0 saturated heterocycles. The lowest BCUT2D eigenvalue weighted by atomic mass is 9.95. The maximum atomic E-state index is 6.34. The summed E-state index contributed by atoms with van der Waals surface area (Å²) in [6.45, 7) is 2.84. The van der Waals surface area contributed by atoms with Crippen molar-refractivity contribution in [2.24, 2.45) is 5.73 Å². The highest BCUT2D eigenvalue weighted by Crippen LogP contribution is 2.28. The Labute approximate surface area is 130 Å². The number of nitrogens with two attached hydrogens (primary N) is 1. The van der Waals surface area contributed by atoms with Crippen molar-refractivity contribution in [3.05, 3.63) is 63.7 Å². The van der Waals surface area contributed by atoms with E-state index in [1.54, 1.807) is 0 Å². The molecule has 0 saturated carbocycles. The molecule has 1 aliphatic rings. The van der Waals surface area contributed by atoms with Crippen LogP contribution in [0, 0.1) is 6.92 Å². The molecule has 2 aromatic rings. The highest BCUT2D eigenvalue weighted by atomic mass is 35.5. The minimum atomic E-state index is 0.0215. The van der Waals surface area contributed by atoms with Crippen molar-refractivity contribution < 1.29 is 4.74 Å². The molecule has 1 unspecified atom stereocenters. The molecule has 1 aliphatic heterocycles. The highest BCUT2D eigenvalue weighted by Gasteiger charge is 2.14. The summed E-state index contributed by atoms with van der Waals surface area (Å²) in [5.41, 5.74) is 11.2. The average molecular weight is 302 g/mol. The smallest absolute Gasteiger partial charge is 0.122 e. The Morgan fingerprint density at radius 1 is 1.29 bits per heavy atom. The van der Waals surface area contributed by atoms with Gasteiger partial charge < -0.3 is 10.5 Å². The molecule has 3 rings (SSSR count). The molecule has 0 aromatic heterocycles. The van der Waals surface area contributed by atoms with Gasteiger partial charge in [0.15, 0.2) is 0 Å². The first-order chi connectivity index (χ1) is 10.1. The number of halogens is 1. The number of aryl methyl sites for hydroxylation is 1. The van der Waals surface area contributed by atoms with E-state index in [2.05, 4.69) is 24.3 Å². The van der Waals surface area contributed by atoms with Gasteiger partial charge in [0.1, 0.15) is 5.75 Å². The second kappa shape index (κ2) is 6.08. The average Bonchev–Trinajstić information content (AvgIpc) is 2.95. The lowest BCUT2D eigenvalue weighted by Crippen LogP contribution is -2.13. The molecule has 2 nitrogen and oxygen atoms in total. The van der Waals surface area contributed by atoms with Gasteiger partial charge in [-0.25, -0.2) is 0 Å². The van der Waals surface area contributed by atoms with E-state index < -0.39 is 0 Å². The van der Waals surface area contributed by atoms with Gasteiger partial charge in [-0.15, -0.1) is 0 Å². The molecule has 0 amide bonds. The monoisotopic (exact) mass is 301 g/mol. The van der Waals surface area contributed by atoms with Crippen LogP contribution in [0.3, 0.4) is 0 Å². The third-order valence-electron chi connectivity index (χ3n) is 4.21. The van der Waals surface area contributed by atoms with E-state index in [1.165, 1.54) is 11.1 Å². The minimum absolute atomic E-state index is 0.0215. The molecule has 0 fully saturated rings. The van der Waals surface area contributed by atoms with Crippen LogP contribution in [0.15, 0.2) is 36.4 Å². The second-order valence-electron chi connectivity index (χ2n) is 5.64. The molecule has 0 aliphatic carbocycles. The number of fused-ring (bicyclic) bond motifs is 1. The van der Waals surface area contributed by atoms with Crippen LogP contribution in [0.2, 0.25) is 5.02 Å². The first kappa shape index (κ1) is 14.4. The van der Waals surface area contributed by atoms with Crippen LogP contribution >= 0.6 is 11.6 Å². The Morgan fingerprint density at radius 2 is 2.14 bits per heavy atom. The third kappa shape index (κ3) is 3.07. The Bertz CT molecular complexity index is 654. The maximum Gasteiger partial charge on any atom is 0.122 e. The summed E-state index contributed by atoms with van der Waals surface area (Å²) < 4.78 is 5.54. The topological polar surface area (TPSA) is 35.2 Å². The molecule has 2 N–H and O–H groups in total. The van der Waals surface area contributed by atoms with Crippen LogP contribution in [0.5, 0.6) is 5.75 Å². The predicted octanol–water partition coefficient (Wildman–Crippen LogP) is 4.22. The molecule has 1 heterocycles. The summed E-state index contributed by atoms with van der Waals surface area (Å²) in [5, 5.41) is 0.789. The van der Waals surface area contributed by atoms with Crippen molar-refractivity contribution in [2.75, 3.05) is 6.61 Å². The van der Waals surface area contributed by atoms with E-state index in [0.717, 1.165) is 47.8 Å². The van der Waals surface area contributed by atoms with Gasteiger partial charge in [-0.1, -0.05) is 35.9 Å². The fraction of sp³-hybridized carbons (Fsp3) is 0.333. The van der Waals surface area contributed by atoms with Gasteiger partial charge in [-0.05, 0) is 54.2 Å². The van der Waals surface area contributed by atoms with Crippen LogP contribution < -0.4 is 10.5 Å². The van der Waals surface area contributed by atoms with Gasteiger partial charge >= 0.3 is 0 Å². The summed E-state index contributed by atoms with van der Waals surface area (Å²) >= 11 is 6.17. The highest BCUT2D eigenvalue weighted by molar-refractivity contribution is 6.31. The quantitative estimate of drug-likeness (QED) is 0.918. The second-order valence-corrected chi connectivity index (χ2v) is 6.05. The third-order valence-corrected chi connectivity index (χ3v) is 4.62. The zero-order chi connectivity index (χ0) is 14.8. The number of ether oxygens (including phenoxy) is 1. The molecule has 0 spiro atoms. The van der Waals surface area contributed by atoms with E-state index in [1.807, 2.05) is 19.1 Å². The SMILES string of the molecule is Cc1c(Cl)cccc1C(N)CCc1ccc2c(c1)CCO2. The van der Waals surface area contributed by atoms with E-state index in [4.69, 9.17) is 22.1 Å². The fourth-order valence-corrected chi connectivity index (χ4v) is 3.08. The standard InChI is InChI=1S/C18H20ClNO/c1-12-15(3-2-4-16(12)19)17(20)7-5-13-6-8-18-14(11-13)9-10-21-18/h2-4,6,8,11,17H,5,7,9-10,20H2,1H3. The van der Waals surface area contributed by atoms with Crippen LogP contribution in [-0.2, 0) is 12.8 Å². The van der Waals surface area contributed by atoms with Gasteiger partial charge in [0.05, 0.1) is 6.61 Å². The van der Waals surface area contributed by atoms with Crippen molar-refractivity contribution >= 4 is 11.6 Å². The zero-order valence-corrected chi connectivity index (χ0v) is 13.0. The van der Waals surface area contributed by atoms with E-state index >= 15 is 0 Å². The largest absolute Gasteiger partial charge is 0.493 e. The number of hydrogen-bond acceptors (Lipinski definition) is 2. The van der Waals surface area contributed by atoms with Gasteiger partial charge in [-0.3, -0.25) is 0 Å². The molecule has 3 heteroatoms. The maximum absolute atomic E-state index is 6.34. The molecule has 110 valence electrons. The van der Waals surface area contributed by atoms with E-state index in [9.17, 15) is 0 Å². The van der Waals surface area contributed by atoms with Gasteiger partial charge in [-0.2, -0.15) is 0 Å². The first-order valence-electron chi connectivity index (χ1n) is 7.40. The summed E-state index contributed by atoms with van der Waals surface area (Å²) in [4.78, 5) is 0. The summed E-state index contributed by atoms with van der Waals surface area (Å²) in [5.74, 6) is 1.04. The Kier molecular flexibility index (Phi) is 4.18. The van der Waals surface area contributed by atoms with Crippen molar-refractivity contribution in [3.63, 3.8) is 0 Å². The van der Waals surface area contributed by atoms with Crippen molar-refractivity contribution in [1.82, 2.24) is 0 Å². The van der Waals surface area contributed by atoms with Gasteiger partial charge in [0.2, 0.25) is 0 Å². The number of rotatable bonds is 4. The molecular formula is C18H20ClNO. The lowest BCUT2D eigenvalue weighted by Gasteiger charge is -2.16. The van der Waals surface area contributed by atoms with E-state index in [0.29, 0.717) is 0 Å². The van der Waals surface area contributed by atoms with Crippen molar-refractivity contribution in [3.8, 4) is 5.75 Å². The van der Waals surface area contributed by atoms with Crippen LogP contribution in [0.25, 0.3) is 0 Å². The fourth-order valence-electron chi connectivity index (χ4n) is 2.90. The van der Waals surface area contributed by atoms with Crippen LogP contribution in [0.1, 0.15) is 34.7 Å². The first-order valence-corrected chi connectivity index (χ1v) is 7.78. The summed E-state index contributed by atoms with van der Waals surface area (Å²) in [7, 11) is 0. The molecule has 0 radical (unpaired) electrons. The minimum Gasteiger partial charge on any atom is -0.493 e. The lowest BCUT2D eigenvalue weighted by molar-refractivity contribution is 0.357. The van der Waals surface area contributed by atoms with Crippen LogP contribution in [-0.4, -0.2) is 6.61 Å². The van der Waals surface area contributed by atoms with Gasteiger partial charge in [0, 0.05) is 17.5 Å². The normalized spacial score (nSPS) is 14.6. The predicted molar refractivity (Wildman–Crippen MR) is 87.1 cm³/mol. The molecular weight excluding hydrogens is 282 g/mol. The van der Waals surface area contributed by atoms with Crippen LogP contribution in [0.4, 0.5) is 0 Å². The summed E-state index contributed by atoms with van der Waals surface area (Å²) in [6.07, 6.45) is 2.91. The van der Waals surface area contributed by atoms with Gasteiger partial charge in [0.25, 0.3) is 0 Å². The van der Waals surface area contributed by atoms with E-state index in [-0.39, 0.29) is 6.04 Å². The Morgan fingerprint density at radius 3 is 3.00 bits per heavy atom. The molecule has 0 bridgehead atoms. The molecule has 1 atom stereocenters. The number of hydrogen-bond donors (Lipinski definition) is 1. The Balaban J connectivity index is 1.68. The van der Waals surface area contributed by atoms with Crippen molar-refractivity contribution in [1.29, 1.82) is 0 Å².